The number of hydrogen-bond acceptors (Lipinski definition) is 2. The summed E-state index contributed by atoms with van der Waals surface area (Å²) in [6, 6.07) is 0.507. The fourth-order valence-electron chi connectivity index (χ4n) is 4.07. The summed E-state index contributed by atoms with van der Waals surface area (Å²) < 4.78 is 0. The summed E-state index contributed by atoms with van der Waals surface area (Å²) in [6.45, 7) is 8.67. The predicted octanol–water partition coefficient (Wildman–Crippen LogP) is 3.73. The lowest BCUT2D eigenvalue weighted by molar-refractivity contribution is -0.140. The van der Waals surface area contributed by atoms with Gasteiger partial charge in [-0.1, -0.05) is 40.0 Å². The highest BCUT2D eigenvalue weighted by atomic mass is 16.2. The number of nitrogens with zero attached hydrogens (tertiary/aromatic N) is 1. The second-order valence-corrected chi connectivity index (χ2v) is 7.48. The molecule has 21 heavy (non-hydrogen) atoms. The van der Waals surface area contributed by atoms with Gasteiger partial charge in [-0.2, -0.15) is 0 Å². The molecule has 1 heterocycles. The molecule has 1 N–H and O–H groups in total. The van der Waals surface area contributed by atoms with E-state index in [1.807, 2.05) is 0 Å². The average Bonchev–Trinajstić information content (AvgIpc) is 3.11. The average molecular weight is 294 g/mol. The Morgan fingerprint density at radius 2 is 2.00 bits per heavy atom. The van der Waals surface area contributed by atoms with Gasteiger partial charge in [-0.25, -0.2) is 0 Å². The molecule has 2 fully saturated rings. The van der Waals surface area contributed by atoms with E-state index in [1.54, 1.807) is 0 Å². The Kier molecular flexibility index (Phi) is 6.09. The summed E-state index contributed by atoms with van der Waals surface area (Å²) in [7, 11) is 0. The van der Waals surface area contributed by atoms with Crippen molar-refractivity contribution in [2.45, 2.75) is 90.1 Å². The summed E-state index contributed by atoms with van der Waals surface area (Å²) in [6.07, 6.45) is 10.4. The Hall–Kier alpha value is -0.570. The van der Waals surface area contributed by atoms with E-state index in [0.29, 0.717) is 17.9 Å². The molecular formula is C18H34N2O. The van der Waals surface area contributed by atoms with Crippen LogP contribution >= 0.6 is 0 Å². The van der Waals surface area contributed by atoms with Gasteiger partial charge < -0.3 is 10.2 Å². The van der Waals surface area contributed by atoms with Gasteiger partial charge in [0.15, 0.2) is 0 Å². The van der Waals surface area contributed by atoms with Crippen LogP contribution in [0.5, 0.6) is 0 Å². The molecule has 0 aromatic rings. The smallest absolute Gasteiger partial charge is 0.243 e. The molecule has 122 valence electrons. The molecule has 1 saturated heterocycles. The molecular weight excluding hydrogens is 260 g/mol. The fraction of sp³-hybridized carbons (Fsp3) is 0.944. The van der Waals surface area contributed by atoms with Crippen LogP contribution in [0, 0.1) is 5.92 Å². The fourth-order valence-corrected chi connectivity index (χ4v) is 4.07. The van der Waals surface area contributed by atoms with Crippen LogP contribution in [0.25, 0.3) is 0 Å². The third kappa shape index (κ3) is 4.00. The third-order valence-corrected chi connectivity index (χ3v) is 5.30. The summed E-state index contributed by atoms with van der Waals surface area (Å²) in [5.74, 6) is 1.08. The first-order chi connectivity index (χ1) is 10.1. The zero-order valence-electron chi connectivity index (χ0n) is 14.3. The number of nitrogens with one attached hydrogen (secondary N) is 1. The molecule has 2 rings (SSSR count). The number of amides is 1. The van der Waals surface area contributed by atoms with E-state index >= 15 is 0 Å². The summed E-state index contributed by atoms with van der Waals surface area (Å²) >= 11 is 0. The monoisotopic (exact) mass is 294 g/mol. The van der Waals surface area contributed by atoms with Crippen LogP contribution in [0.1, 0.15) is 78.6 Å². The van der Waals surface area contributed by atoms with Gasteiger partial charge in [-0.05, 0) is 51.0 Å². The lowest BCUT2D eigenvalue weighted by Crippen LogP contribution is -2.57. The van der Waals surface area contributed by atoms with Crippen molar-refractivity contribution in [3.63, 3.8) is 0 Å². The van der Waals surface area contributed by atoms with Crippen LogP contribution in [0.4, 0.5) is 0 Å². The Bertz CT molecular complexity index is 328. The molecule has 0 radical (unpaired) electrons. The predicted molar refractivity (Wildman–Crippen MR) is 88.3 cm³/mol. The molecule has 3 heteroatoms. The molecule has 2 aliphatic rings. The minimum absolute atomic E-state index is 0.242. The molecule has 3 nitrogen and oxygen atoms in total. The Labute approximate surface area is 130 Å². The maximum Gasteiger partial charge on any atom is 0.243 e. The molecule has 1 saturated carbocycles. The van der Waals surface area contributed by atoms with E-state index in [9.17, 15) is 4.79 Å². The first kappa shape index (κ1) is 16.8. The summed E-state index contributed by atoms with van der Waals surface area (Å²) in [5.41, 5.74) is -0.242. The Balaban J connectivity index is 2.11. The maximum absolute atomic E-state index is 13.3. The van der Waals surface area contributed by atoms with Crippen molar-refractivity contribution in [2.75, 3.05) is 13.1 Å². The van der Waals surface area contributed by atoms with E-state index < -0.39 is 0 Å². The lowest BCUT2D eigenvalue weighted by Gasteiger charge is -2.38. The third-order valence-electron chi connectivity index (χ3n) is 5.30. The number of rotatable bonds is 7. The van der Waals surface area contributed by atoms with E-state index in [2.05, 4.69) is 31.0 Å². The van der Waals surface area contributed by atoms with Crippen molar-refractivity contribution >= 4 is 5.91 Å². The highest BCUT2D eigenvalue weighted by Gasteiger charge is 2.44. The second kappa shape index (κ2) is 7.62. The minimum Gasteiger partial charge on any atom is -0.338 e. The van der Waals surface area contributed by atoms with E-state index in [0.717, 1.165) is 45.2 Å². The van der Waals surface area contributed by atoms with Crippen molar-refractivity contribution in [1.82, 2.24) is 10.2 Å². The van der Waals surface area contributed by atoms with Gasteiger partial charge in [0.2, 0.25) is 5.91 Å². The SMILES string of the molecule is CCCC1(C(=O)N(CCC(C)C)C2CCCC2)CCCN1. The summed E-state index contributed by atoms with van der Waals surface area (Å²) in [4.78, 5) is 15.6. The number of hydrogen-bond donors (Lipinski definition) is 1. The zero-order chi connectivity index (χ0) is 15.3. The topological polar surface area (TPSA) is 32.3 Å². The molecule has 1 aliphatic carbocycles. The standard InChI is InChI=1S/C18H34N2O/c1-4-11-18(12-7-13-19-18)17(21)20(14-10-15(2)3)16-8-5-6-9-16/h15-16,19H,4-14H2,1-3H3. The van der Waals surface area contributed by atoms with Crippen molar-refractivity contribution in [1.29, 1.82) is 0 Å². The van der Waals surface area contributed by atoms with Crippen LogP contribution in [-0.4, -0.2) is 35.5 Å². The van der Waals surface area contributed by atoms with Crippen LogP contribution in [-0.2, 0) is 4.79 Å². The minimum atomic E-state index is -0.242. The Morgan fingerprint density at radius 1 is 1.29 bits per heavy atom. The first-order valence-electron chi connectivity index (χ1n) is 9.15. The number of carbonyl (C=O) groups excluding carboxylic acids is 1. The van der Waals surface area contributed by atoms with E-state index in [4.69, 9.17) is 0 Å². The molecule has 1 atom stereocenters. The van der Waals surface area contributed by atoms with Crippen LogP contribution < -0.4 is 5.32 Å². The molecule has 0 bridgehead atoms. The van der Waals surface area contributed by atoms with Gasteiger partial charge in [0.25, 0.3) is 0 Å². The van der Waals surface area contributed by atoms with Crippen molar-refractivity contribution in [3.8, 4) is 0 Å². The number of carbonyl (C=O) groups is 1. The maximum atomic E-state index is 13.3. The molecule has 0 aromatic carbocycles. The van der Waals surface area contributed by atoms with Crippen LogP contribution in [0.3, 0.4) is 0 Å². The summed E-state index contributed by atoms with van der Waals surface area (Å²) in [5, 5.41) is 3.57. The van der Waals surface area contributed by atoms with Crippen molar-refractivity contribution in [3.05, 3.63) is 0 Å². The highest BCUT2D eigenvalue weighted by Crippen LogP contribution is 2.31. The van der Waals surface area contributed by atoms with Gasteiger partial charge in [0.05, 0.1) is 5.54 Å². The molecule has 1 unspecified atom stereocenters. The van der Waals surface area contributed by atoms with Gasteiger partial charge >= 0.3 is 0 Å². The van der Waals surface area contributed by atoms with Gasteiger partial charge in [-0.15, -0.1) is 0 Å². The largest absolute Gasteiger partial charge is 0.338 e. The lowest BCUT2D eigenvalue weighted by atomic mass is 9.89. The first-order valence-corrected chi connectivity index (χ1v) is 9.15. The van der Waals surface area contributed by atoms with Gasteiger partial charge in [0, 0.05) is 12.6 Å². The molecule has 1 amide bonds. The van der Waals surface area contributed by atoms with Crippen LogP contribution in [0.2, 0.25) is 0 Å². The Morgan fingerprint density at radius 3 is 2.52 bits per heavy atom. The molecule has 0 spiro atoms. The quantitative estimate of drug-likeness (QED) is 0.776. The van der Waals surface area contributed by atoms with Gasteiger partial charge in [0.1, 0.15) is 0 Å². The second-order valence-electron chi connectivity index (χ2n) is 7.48. The van der Waals surface area contributed by atoms with E-state index in [1.165, 1.54) is 25.7 Å². The molecule has 1 aliphatic heterocycles. The highest BCUT2D eigenvalue weighted by molar-refractivity contribution is 5.87. The normalized spacial score (nSPS) is 26.7. The van der Waals surface area contributed by atoms with Crippen molar-refractivity contribution in [2.24, 2.45) is 5.92 Å². The van der Waals surface area contributed by atoms with Crippen LogP contribution in [0.15, 0.2) is 0 Å². The zero-order valence-corrected chi connectivity index (χ0v) is 14.3. The van der Waals surface area contributed by atoms with E-state index in [-0.39, 0.29) is 5.54 Å². The van der Waals surface area contributed by atoms with Crippen molar-refractivity contribution < 1.29 is 4.79 Å². The van der Waals surface area contributed by atoms with Gasteiger partial charge in [-0.3, -0.25) is 4.79 Å². The molecule has 0 aromatic heterocycles.